The van der Waals surface area contributed by atoms with Gasteiger partial charge in [0.15, 0.2) is 0 Å². The molecule has 2 heterocycles. The number of rotatable bonds is 7. The highest BCUT2D eigenvalue weighted by Crippen LogP contribution is 2.23. The standard InChI is InChI=1S/C24H22N2O4/c1-17-9-10-21-18(16-30-22(21)12-17)13-24(28)26(14-20-8-5-11-29-20)15-23(27)25-19-6-3-2-4-7-19/h2-12,16H,13-15H2,1H3,(H,25,27). The van der Waals surface area contributed by atoms with Crippen molar-refractivity contribution >= 4 is 28.5 Å². The Morgan fingerprint density at radius 1 is 1.00 bits per heavy atom. The summed E-state index contributed by atoms with van der Waals surface area (Å²) in [6.45, 7) is 2.12. The molecule has 6 heteroatoms. The van der Waals surface area contributed by atoms with Crippen molar-refractivity contribution in [1.29, 1.82) is 0 Å². The van der Waals surface area contributed by atoms with Crippen molar-refractivity contribution in [2.75, 3.05) is 11.9 Å². The van der Waals surface area contributed by atoms with E-state index in [-0.39, 0.29) is 31.3 Å². The van der Waals surface area contributed by atoms with E-state index in [0.29, 0.717) is 11.4 Å². The first-order chi connectivity index (χ1) is 14.6. The van der Waals surface area contributed by atoms with Crippen LogP contribution in [0.3, 0.4) is 0 Å². The fourth-order valence-electron chi connectivity index (χ4n) is 3.32. The maximum atomic E-state index is 13.1. The first kappa shape index (κ1) is 19.5. The molecule has 2 amide bonds. The minimum Gasteiger partial charge on any atom is -0.467 e. The van der Waals surface area contributed by atoms with Crippen molar-refractivity contribution in [3.05, 3.63) is 90.1 Å². The highest BCUT2D eigenvalue weighted by molar-refractivity contribution is 5.95. The number of hydrogen-bond donors (Lipinski definition) is 1. The Kier molecular flexibility index (Phi) is 5.66. The molecule has 0 spiro atoms. The summed E-state index contributed by atoms with van der Waals surface area (Å²) in [6, 6.07) is 18.6. The first-order valence-corrected chi connectivity index (χ1v) is 9.70. The molecular weight excluding hydrogens is 380 g/mol. The predicted octanol–water partition coefficient (Wildman–Crippen LogP) is 4.54. The molecule has 0 aliphatic heterocycles. The molecule has 0 radical (unpaired) electrons. The lowest BCUT2D eigenvalue weighted by molar-refractivity contribution is -0.134. The van der Waals surface area contributed by atoms with Crippen LogP contribution < -0.4 is 5.32 Å². The van der Waals surface area contributed by atoms with Gasteiger partial charge >= 0.3 is 0 Å². The minimum atomic E-state index is -0.270. The monoisotopic (exact) mass is 402 g/mol. The molecule has 4 aromatic rings. The third-order valence-electron chi connectivity index (χ3n) is 4.82. The van der Waals surface area contributed by atoms with Gasteiger partial charge in [0.05, 0.1) is 25.5 Å². The maximum Gasteiger partial charge on any atom is 0.244 e. The van der Waals surface area contributed by atoms with E-state index in [1.54, 1.807) is 36.8 Å². The molecule has 0 aliphatic carbocycles. The average Bonchev–Trinajstić information content (AvgIpc) is 3.38. The van der Waals surface area contributed by atoms with Crippen molar-refractivity contribution in [3.8, 4) is 0 Å². The van der Waals surface area contributed by atoms with E-state index >= 15 is 0 Å². The van der Waals surface area contributed by atoms with Crippen LogP contribution in [0.4, 0.5) is 5.69 Å². The second-order valence-corrected chi connectivity index (χ2v) is 7.18. The van der Waals surface area contributed by atoms with Gasteiger partial charge in [-0.15, -0.1) is 0 Å². The molecule has 0 saturated carbocycles. The summed E-state index contributed by atoms with van der Waals surface area (Å²) in [7, 11) is 0. The Hall–Kier alpha value is -3.80. The SMILES string of the molecule is Cc1ccc2c(CC(=O)N(CC(=O)Nc3ccccc3)Cc3ccco3)coc2c1. The first-order valence-electron chi connectivity index (χ1n) is 9.70. The number of amides is 2. The van der Waals surface area contributed by atoms with Crippen molar-refractivity contribution < 1.29 is 18.4 Å². The van der Waals surface area contributed by atoms with Gasteiger partial charge in [-0.1, -0.05) is 30.3 Å². The number of aryl methyl sites for hydroxylation is 1. The number of fused-ring (bicyclic) bond motifs is 1. The van der Waals surface area contributed by atoms with Gasteiger partial charge in [-0.25, -0.2) is 0 Å². The van der Waals surface area contributed by atoms with Crippen LogP contribution in [0.1, 0.15) is 16.9 Å². The maximum absolute atomic E-state index is 13.1. The topological polar surface area (TPSA) is 75.7 Å². The van der Waals surface area contributed by atoms with Crippen LogP contribution in [0.2, 0.25) is 0 Å². The van der Waals surface area contributed by atoms with Crippen molar-refractivity contribution in [3.63, 3.8) is 0 Å². The number of nitrogens with one attached hydrogen (secondary N) is 1. The molecule has 4 rings (SSSR count). The highest BCUT2D eigenvalue weighted by atomic mass is 16.3. The average molecular weight is 402 g/mol. The number of furan rings is 2. The van der Waals surface area contributed by atoms with E-state index in [2.05, 4.69) is 5.32 Å². The molecule has 0 bridgehead atoms. The summed E-state index contributed by atoms with van der Waals surface area (Å²) in [5, 5.41) is 3.72. The van der Waals surface area contributed by atoms with Crippen molar-refractivity contribution in [1.82, 2.24) is 4.90 Å². The normalized spacial score (nSPS) is 10.8. The van der Waals surface area contributed by atoms with E-state index in [1.165, 1.54) is 4.90 Å². The molecule has 0 atom stereocenters. The van der Waals surface area contributed by atoms with E-state index in [4.69, 9.17) is 8.83 Å². The van der Waals surface area contributed by atoms with E-state index in [0.717, 1.165) is 22.1 Å². The number of benzene rings is 2. The number of carbonyl (C=O) groups is 2. The Morgan fingerprint density at radius 3 is 2.60 bits per heavy atom. The van der Waals surface area contributed by atoms with Crippen LogP contribution in [-0.4, -0.2) is 23.3 Å². The Balaban J connectivity index is 1.50. The van der Waals surface area contributed by atoms with Gasteiger partial charge in [0.1, 0.15) is 17.9 Å². The third kappa shape index (κ3) is 4.60. The number of anilines is 1. The van der Waals surface area contributed by atoms with Gasteiger partial charge in [0, 0.05) is 16.6 Å². The largest absolute Gasteiger partial charge is 0.467 e. The molecule has 0 saturated heterocycles. The smallest absolute Gasteiger partial charge is 0.244 e. The van der Waals surface area contributed by atoms with E-state index in [9.17, 15) is 9.59 Å². The zero-order valence-corrected chi connectivity index (χ0v) is 16.6. The number of hydrogen-bond acceptors (Lipinski definition) is 4. The fraction of sp³-hybridized carbons (Fsp3) is 0.167. The molecule has 6 nitrogen and oxygen atoms in total. The molecular formula is C24H22N2O4. The zero-order valence-electron chi connectivity index (χ0n) is 16.6. The molecule has 0 aliphatic rings. The molecule has 1 N–H and O–H groups in total. The van der Waals surface area contributed by atoms with Gasteiger partial charge in [0.2, 0.25) is 11.8 Å². The van der Waals surface area contributed by atoms with Crippen LogP contribution >= 0.6 is 0 Å². The Morgan fingerprint density at radius 2 is 1.83 bits per heavy atom. The molecule has 30 heavy (non-hydrogen) atoms. The molecule has 2 aromatic heterocycles. The van der Waals surface area contributed by atoms with Crippen LogP contribution in [0, 0.1) is 6.92 Å². The lowest BCUT2D eigenvalue weighted by Crippen LogP contribution is -2.38. The van der Waals surface area contributed by atoms with Gasteiger partial charge in [-0.2, -0.15) is 0 Å². The summed E-state index contributed by atoms with van der Waals surface area (Å²) < 4.78 is 11.0. The summed E-state index contributed by atoms with van der Waals surface area (Å²) in [6.07, 6.45) is 3.29. The highest BCUT2D eigenvalue weighted by Gasteiger charge is 2.21. The van der Waals surface area contributed by atoms with Gasteiger partial charge < -0.3 is 19.1 Å². The van der Waals surface area contributed by atoms with Gasteiger partial charge in [0.25, 0.3) is 0 Å². The third-order valence-corrected chi connectivity index (χ3v) is 4.82. The summed E-state index contributed by atoms with van der Waals surface area (Å²) in [5.41, 5.74) is 3.32. The quantitative estimate of drug-likeness (QED) is 0.492. The Bertz CT molecular complexity index is 1150. The second-order valence-electron chi connectivity index (χ2n) is 7.18. The number of para-hydroxylation sites is 1. The van der Waals surface area contributed by atoms with E-state index < -0.39 is 0 Å². The number of nitrogens with zero attached hydrogens (tertiary/aromatic N) is 1. The van der Waals surface area contributed by atoms with Gasteiger partial charge in [-0.05, 0) is 42.8 Å². The zero-order chi connectivity index (χ0) is 20.9. The van der Waals surface area contributed by atoms with Crippen LogP contribution in [0.15, 0.2) is 82.0 Å². The second kappa shape index (κ2) is 8.69. The lowest BCUT2D eigenvalue weighted by atomic mass is 10.1. The molecule has 0 fully saturated rings. The van der Waals surface area contributed by atoms with Crippen molar-refractivity contribution in [2.24, 2.45) is 0 Å². The van der Waals surface area contributed by atoms with Crippen LogP contribution in [0.25, 0.3) is 11.0 Å². The van der Waals surface area contributed by atoms with Crippen LogP contribution in [0.5, 0.6) is 0 Å². The Labute approximate surface area is 174 Å². The summed E-state index contributed by atoms with van der Waals surface area (Å²) in [5.74, 6) is 0.162. The predicted molar refractivity (Wildman–Crippen MR) is 114 cm³/mol. The minimum absolute atomic E-state index is 0.0800. The van der Waals surface area contributed by atoms with E-state index in [1.807, 2.05) is 43.3 Å². The summed E-state index contributed by atoms with van der Waals surface area (Å²) >= 11 is 0. The summed E-state index contributed by atoms with van der Waals surface area (Å²) in [4.78, 5) is 27.1. The van der Waals surface area contributed by atoms with Gasteiger partial charge in [-0.3, -0.25) is 9.59 Å². The van der Waals surface area contributed by atoms with Crippen molar-refractivity contribution in [2.45, 2.75) is 19.9 Å². The molecule has 0 unspecified atom stereocenters. The number of carbonyl (C=O) groups excluding carboxylic acids is 2. The molecule has 2 aromatic carbocycles. The molecule has 152 valence electrons. The fourth-order valence-corrected chi connectivity index (χ4v) is 3.32. The van der Waals surface area contributed by atoms with Crippen LogP contribution in [-0.2, 0) is 22.6 Å². The lowest BCUT2D eigenvalue weighted by Gasteiger charge is -2.21.